The fourth-order valence-electron chi connectivity index (χ4n) is 1.57. The maximum Gasteiger partial charge on any atom is 0.159 e. The zero-order valence-corrected chi connectivity index (χ0v) is 12.4. The van der Waals surface area contributed by atoms with Crippen LogP contribution in [-0.2, 0) is 5.75 Å². The van der Waals surface area contributed by atoms with Gasteiger partial charge in [0.1, 0.15) is 0 Å². The molecule has 0 heterocycles. The Hall–Kier alpha value is -1.06. The number of halogens is 1. The monoisotopic (exact) mass is 320 g/mol. The van der Waals surface area contributed by atoms with Crippen molar-refractivity contribution in [3.63, 3.8) is 0 Å². The van der Waals surface area contributed by atoms with E-state index >= 15 is 0 Å². The van der Waals surface area contributed by atoms with E-state index in [1.54, 1.807) is 18.7 Å². The van der Waals surface area contributed by atoms with Crippen molar-refractivity contribution in [2.24, 2.45) is 0 Å². The molecule has 2 aromatic carbocycles. The molecular weight excluding hydrogens is 308 g/mol. The van der Waals surface area contributed by atoms with E-state index in [4.69, 9.17) is 0 Å². The van der Waals surface area contributed by atoms with E-state index in [2.05, 4.69) is 28.1 Å². The van der Waals surface area contributed by atoms with Gasteiger partial charge in [-0.3, -0.25) is 4.79 Å². The lowest BCUT2D eigenvalue weighted by Gasteiger charge is -2.06. The molecule has 0 aliphatic rings. The third-order valence-electron chi connectivity index (χ3n) is 2.58. The van der Waals surface area contributed by atoms with Gasteiger partial charge in [0.25, 0.3) is 0 Å². The van der Waals surface area contributed by atoms with Crippen LogP contribution in [-0.4, -0.2) is 5.78 Å². The lowest BCUT2D eigenvalue weighted by Crippen LogP contribution is -1.91. The molecule has 18 heavy (non-hydrogen) atoms. The first-order valence-corrected chi connectivity index (χ1v) is 7.42. The fraction of sp³-hybridized carbons (Fsp3) is 0.133. The average molecular weight is 321 g/mol. The highest BCUT2D eigenvalue weighted by Crippen LogP contribution is 2.30. The first kappa shape index (κ1) is 13.4. The van der Waals surface area contributed by atoms with Crippen molar-refractivity contribution in [2.75, 3.05) is 0 Å². The second-order valence-corrected chi connectivity index (χ2v) is 5.85. The van der Waals surface area contributed by atoms with Crippen molar-refractivity contribution < 1.29 is 4.79 Å². The summed E-state index contributed by atoms with van der Waals surface area (Å²) in [5.74, 6) is 1.02. The Morgan fingerprint density at radius 2 is 1.89 bits per heavy atom. The van der Waals surface area contributed by atoms with Crippen molar-refractivity contribution in [1.82, 2.24) is 0 Å². The van der Waals surface area contributed by atoms with E-state index in [0.29, 0.717) is 0 Å². The number of rotatable bonds is 4. The van der Waals surface area contributed by atoms with Gasteiger partial charge in [0.05, 0.1) is 0 Å². The Labute approximate surface area is 120 Å². The summed E-state index contributed by atoms with van der Waals surface area (Å²) in [7, 11) is 0. The summed E-state index contributed by atoms with van der Waals surface area (Å²) in [6.07, 6.45) is 0. The number of thioether (sulfide) groups is 1. The van der Waals surface area contributed by atoms with E-state index in [9.17, 15) is 4.79 Å². The molecule has 3 heteroatoms. The molecule has 0 amide bonds. The predicted octanol–water partition coefficient (Wildman–Crippen LogP) is 4.94. The summed E-state index contributed by atoms with van der Waals surface area (Å²) in [5, 5.41) is 0. The zero-order chi connectivity index (χ0) is 13.0. The van der Waals surface area contributed by atoms with Crippen molar-refractivity contribution in [3.8, 4) is 0 Å². The minimum atomic E-state index is 0.0929. The van der Waals surface area contributed by atoms with Crippen LogP contribution >= 0.6 is 27.7 Å². The zero-order valence-electron chi connectivity index (χ0n) is 10.0. The Kier molecular flexibility index (Phi) is 4.61. The number of hydrogen-bond donors (Lipinski definition) is 0. The molecule has 0 radical (unpaired) electrons. The van der Waals surface area contributed by atoms with Gasteiger partial charge in [0, 0.05) is 20.7 Å². The first-order chi connectivity index (χ1) is 8.66. The van der Waals surface area contributed by atoms with Gasteiger partial charge in [-0.25, -0.2) is 0 Å². The largest absolute Gasteiger partial charge is 0.295 e. The van der Waals surface area contributed by atoms with Crippen LogP contribution < -0.4 is 0 Å². The predicted molar refractivity (Wildman–Crippen MR) is 80.1 cm³/mol. The van der Waals surface area contributed by atoms with E-state index < -0.39 is 0 Å². The van der Waals surface area contributed by atoms with Gasteiger partial charge in [-0.1, -0.05) is 36.4 Å². The lowest BCUT2D eigenvalue weighted by atomic mass is 10.2. The molecule has 2 rings (SSSR count). The molecule has 2 aromatic rings. The van der Waals surface area contributed by atoms with Gasteiger partial charge in [-0.2, -0.15) is 0 Å². The summed E-state index contributed by atoms with van der Waals surface area (Å²) >= 11 is 5.28. The highest BCUT2D eigenvalue weighted by Gasteiger charge is 2.05. The Balaban J connectivity index is 2.08. The Morgan fingerprint density at radius 1 is 1.17 bits per heavy atom. The molecule has 0 bridgehead atoms. The number of carbonyl (C=O) groups excluding carboxylic acids is 1. The number of benzene rings is 2. The number of carbonyl (C=O) groups is 1. The molecule has 0 unspecified atom stereocenters. The van der Waals surface area contributed by atoms with Crippen molar-refractivity contribution in [1.29, 1.82) is 0 Å². The molecule has 1 nitrogen and oxygen atoms in total. The highest BCUT2D eigenvalue weighted by molar-refractivity contribution is 9.10. The van der Waals surface area contributed by atoms with Crippen molar-refractivity contribution >= 4 is 33.5 Å². The van der Waals surface area contributed by atoms with E-state index in [0.717, 1.165) is 20.7 Å². The molecule has 0 atom stereocenters. The smallest absolute Gasteiger partial charge is 0.159 e. The minimum absolute atomic E-state index is 0.0929. The molecule has 0 fully saturated rings. The molecule has 0 saturated heterocycles. The molecule has 0 saturated carbocycles. The number of ketones is 1. The second-order valence-electron chi connectivity index (χ2n) is 3.98. The Morgan fingerprint density at radius 3 is 2.50 bits per heavy atom. The summed E-state index contributed by atoms with van der Waals surface area (Å²) < 4.78 is 0.983. The van der Waals surface area contributed by atoms with Gasteiger partial charge < -0.3 is 0 Å². The molecule has 0 aromatic heterocycles. The van der Waals surface area contributed by atoms with Crippen LogP contribution in [0, 0.1) is 0 Å². The van der Waals surface area contributed by atoms with Crippen LogP contribution in [0.2, 0.25) is 0 Å². The molecule has 0 N–H and O–H groups in total. The molecular formula is C15H13BrOS. The van der Waals surface area contributed by atoms with E-state index in [1.165, 1.54) is 5.56 Å². The van der Waals surface area contributed by atoms with Gasteiger partial charge in [0.15, 0.2) is 5.78 Å². The third-order valence-corrected chi connectivity index (χ3v) is 4.64. The summed E-state index contributed by atoms with van der Waals surface area (Å²) in [6, 6.07) is 16.1. The maximum atomic E-state index is 11.3. The second kappa shape index (κ2) is 6.21. The molecule has 92 valence electrons. The third kappa shape index (κ3) is 3.47. The van der Waals surface area contributed by atoms with Crippen molar-refractivity contribution in [2.45, 2.75) is 17.6 Å². The summed E-state index contributed by atoms with van der Waals surface area (Å²) in [4.78, 5) is 12.4. The Bertz CT molecular complexity index is 552. The maximum absolute atomic E-state index is 11.3. The van der Waals surface area contributed by atoms with E-state index in [1.807, 2.05) is 36.4 Å². The van der Waals surface area contributed by atoms with Crippen LogP contribution in [0.5, 0.6) is 0 Å². The van der Waals surface area contributed by atoms with Gasteiger partial charge in [0.2, 0.25) is 0 Å². The van der Waals surface area contributed by atoms with Crippen LogP contribution in [0.15, 0.2) is 57.9 Å². The highest BCUT2D eigenvalue weighted by atomic mass is 79.9. The minimum Gasteiger partial charge on any atom is -0.295 e. The molecule has 0 aliphatic carbocycles. The van der Waals surface area contributed by atoms with Crippen LogP contribution in [0.1, 0.15) is 22.8 Å². The quantitative estimate of drug-likeness (QED) is 0.586. The first-order valence-electron chi connectivity index (χ1n) is 5.64. The van der Waals surface area contributed by atoms with Crippen LogP contribution in [0.4, 0.5) is 0 Å². The number of hydrogen-bond acceptors (Lipinski definition) is 2. The molecule has 0 aliphatic heterocycles. The summed E-state index contributed by atoms with van der Waals surface area (Å²) in [6.45, 7) is 1.58. The SMILES string of the molecule is CC(=O)c1ccc(SCc2ccccc2)c(Br)c1. The normalized spacial score (nSPS) is 10.3. The lowest BCUT2D eigenvalue weighted by molar-refractivity contribution is 0.101. The number of Topliss-reactive ketones (excluding diaryl/α,β-unsaturated/α-hetero) is 1. The molecule has 0 spiro atoms. The van der Waals surface area contributed by atoms with E-state index in [-0.39, 0.29) is 5.78 Å². The standard InChI is InChI=1S/C15H13BrOS/c1-11(17)13-7-8-15(14(16)9-13)18-10-12-5-3-2-4-6-12/h2-9H,10H2,1H3. The summed E-state index contributed by atoms with van der Waals surface area (Å²) in [5.41, 5.74) is 2.04. The van der Waals surface area contributed by atoms with Gasteiger partial charge in [-0.15, -0.1) is 11.8 Å². The van der Waals surface area contributed by atoms with Crippen molar-refractivity contribution in [3.05, 3.63) is 64.1 Å². The fourth-order valence-corrected chi connectivity index (χ4v) is 3.17. The van der Waals surface area contributed by atoms with Crippen LogP contribution in [0.3, 0.4) is 0 Å². The van der Waals surface area contributed by atoms with Gasteiger partial charge in [-0.05, 0) is 40.5 Å². The van der Waals surface area contributed by atoms with Gasteiger partial charge >= 0.3 is 0 Å². The topological polar surface area (TPSA) is 17.1 Å². The average Bonchev–Trinajstić information content (AvgIpc) is 2.38. The van der Waals surface area contributed by atoms with Crippen LogP contribution in [0.25, 0.3) is 0 Å².